The number of esters is 1. The molecule has 0 rings (SSSR count). The van der Waals surface area contributed by atoms with Crippen LogP contribution in [0.5, 0.6) is 0 Å². The SMILES string of the molecule is COC(=O)C[C@H](O)C[C@H](N)C(=O)O. The van der Waals surface area contributed by atoms with Crippen LogP contribution in [0.15, 0.2) is 0 Å². The lowest BCUT2D eigenvalue weighted by molar-refractivity contribution is -0.144. The van der Waals surface area contributed by atoms with Crippen LogP contribution < -0.4 is 5.73 Å². The standard InChI is InChI=1S/C7H13NO5/c1-13-6(10)3-4(9)2-5(8)7(11)12/h4-5,9H,2-3,8H2,1H3,(H,11,12)/t4-,5+/m1/s1. The number of carboxylic acid groups (broad SMARTS) is 1. The van der Waals surface area contributed by atoms with E-state index in [9.17, 15) is 9.59 Å². The highest BCUT2D eigenvalue weighted by Crippen LogP contribution is 2.02. The maximum absolute atomic E-state index is 10.6. The predicted octanol–water partition coefficient (Wildman–Crippen LogP) is -1.29. The fourth-order valence-electron chi connectivity index (χ4n) is 0.753. The molecule has 2 atom stereocenters. The Morgan fingerprint density at radius 1 is 1.54 bits per heavy atom. The van der Waals surface area contributed by atoms with Crippen molar-refractivity contribution in [3.8, 4) is 0 Å². The van der Waals surface area contributed by atoms with E-state index in [0.717, 1.165) is 0 Å². The lowest BCUT2D eigenvalue weighted by Gasteiger charge is -2.11. The van der Waals surface area contributed by atoms with Gasteiger partial charge in [0.1, 0.15) is 6.04 Å². The van der Waals surface area contributed by atoms with Crippen molar-refractivity contribution in [1.29, 1.82) is 0 Å². The lowest BCUT2D eigenvalue weighted by atomic mass is 10.1. The largest absolute Gasteiger partial charge is 0.480 e. The smallest absolute Gasteiger partial charge is 0.320 e. The van der Waals surface area contributed by atoms with Gasteiger partial charge in [0, 0.05) is 0 Å². The molecule has 0 spiro atoms. The summed E-state index contributed by atoms with van der Waals surface area (Å²) in [5, 5.41) is 17.5. The van der Waals surface area contributed by atoms with E-state index in [-0.39, 0.29) is 12.8 Å². The zero-order chi connectivity index (χ0) is 10.4. The second kappa shape index (κ2) is 5.50. The van der Waals surface area contributed by atoms with E-state index in [0.29, 0.717) is 0 Å². The molecule has 0 bridgehead atoms. The van der Waals surface area contributed by atoms with Gasteiger partial charge < -0.3 is 20.7 Å². The second-order valence-electron chi connectivity index (χ2n) is 2.61. The third-order valence-electron chi connectivity index (χ3n) is 1.47. The molecule has 0 radical (unpaired) electrons. The number of nitrogens with two attached hydrogens (primary N) is 1. The normalized spacial score (nSPS) is 14.7. The number of rotatable bonds is 5. The Balaban J connectivity index is 3.80. The van der Waals surface area contributed by atoms with Crippen molar-refractivity contribution in [3.63, 3.8) is 0 Å². The first kappa shape index (κ1) is 11.9. The Morgan fingerprint density at radius 3 is 2.46 bits per heavy atom. The average molecular weight is 191 g/mol. The number of hydrogen-bond donors (Lipinski definition) is 3. The van der Waals surface area contributed by atoms with E-state index in [4.69, 9.17) is 15.9 Å². The number of hydrogen-bond acceptors (Lipinski definition) is 5. The molecule has 0 amide bonds. The van der Waals surface area contributed by atoms with Gasteiger partial charge in [0.05, 0.1) is 19.6 Å². The molecule has 6 nitrogen and oxygen atoms in total. The molecule has 0 aliphatic heterocycles. The number of carbonyl (C=O) groups is 2. The van der Waals surface area contributed by atoms with Gasteiger partial charge in [-0.2, -0.15) is 0 Å². The second-order valence-corrected chi connectivity index (χ2v) is 2.61. The van der Waals surface area contributed by atoms with E-state index in [1.54, 1.807) is 0 Å². The first-order valence-corrected chi connectivity index (χ1v) is 3.70. The van der Waals surface area contributed by atoms with Crippen LogP contribution in [-0.4, -0.2) is 41.4 Å². The summed E-state index contributed by atoms with van der Waals surface area (Å²) in [7, 11) is 1.19. The van der Waals surface area contributed by atoms with Crippen molar-refractivity contribution in [3.05, 3.63) is 0 Å². The van der Waals surface area contributed by atoms with Crippen molar-refractivity contribution < 1.29 is 24.5 Å². The monoisotopic (exact) mass is 191 g/mol. The number of carboxylic acids is 1. The van der Waals surface area contributed by atoms with Crippen molar-refractivity contribution >= 4 is 11.9 Å². The van der Waals surface area contributed by atoms with Crippen molar-refractivity contribution in [2.75, 3.05) is 7.11 Å². The highest BCUT2D eigenvalue weighted by molar-refractivity contribution is 5.73. The Hall–Kier alpha value is -1.14. The van der Waals surface area contributed by atoms with E-state index in [2.05, 4.69) is 4.74 Å². The van der Waals surface area contributed by atoms with Gasteiger partial charge in [-0.3, -0.25) is 9.59 Å². The topological polar surface area (TPSA) is 110 Å². The van der Waals surface area contributed by atoms with Gasteiger partial charge >= 0.3 is 11.9 Å². The zero-order valence-electron chi connectivity index (χ0n) is 7.27. The van der Waals surface area contributed by atoms with Crippen LogP contribution in [0.25, 0.3) is 0 Å². The number of carbonyl (C=O) groups excluding carboxylic acids is 1. The minimum absolute atomic E-state index is 0.162. The Bertz CT molecular complexity index is 193. The van der Waals surface area contributed by atoms with Crippen LogP contribution in [0.1, 0.15) is 12.8 Å². The Morgan fingerprint density at radius 2 is 2.08 bits per heavy atom. The summed E-state index contributed by atoms with van der Waals surface area (Å²) in [5.74, 6) is -1.80. The van der Waals surface area contributed by atoms with E-state index in [1.807, 2.05) is 0 Å². The average Bonchev–Trinajstić information content (AvgIpc) is 2.03. The van der Waals surface area contributed by atoms with Gasteiger partial charge in [-0.25, -0.2) is 0 Å². The van der Waals surface area contributed by atoms with Crippen LogP contribution in [-0.2, 0) is 14.3 Å². The van der Waals surface area contributed by atoms with Crippen LogP contribution in [0.4, 0.5) is 0 Å². The van der Waals surface area contributed by atoms with Crippen molar-refractivity contribution in [1.82, 2.24) is 0 Å². The van der Waals surface area contributed by atoms with Gasteiger partial charge in [-0.1, -0.05) is 0 Å². The summed E-state index contributed by atoms with van der Waals surface area (Å²) in [6.07, 6.45) is -1.47. The number of ether oxygens (including phenoxy) is 1. The van der Waals surface area contributed by atoms with Crippen LogP contribution >= 0.6 is 0 Å². The molecule has 0 fully saturated rings. The quantitative estimate of drug-likeness (QED) is 0.466. The fraction of sp³-hybridized carbons (Fsp3) is 0.714. The zero-order valence-corrected chi connectivity index (χ0v) is 7.27. The molecule has 0 aromatic carbocycles. The molecule has 76 valence electrons. The molecule has 13 heavy (non-hydrogen) atoms. The Kier molecular flexibility index (Phi) is 5.01. The van der Waals surface area contributed by atoms with E-state index >= 15 is 0 Å². The molecule has 0 aliphatic rings. The van der Waals surface area contributed by atoms with Gasteiger partial charge in [-0.05, 0) is 6.42 Å². The molecular weight excluding hydrogens is 178 g/mol. The molecule has 4 N–H and O–H groups in total. The van der Waals surface area contributed by atoms with Crippen molar-refractivity contribution in [2.24, 2.45) is 5.73 Å². The lowest BCUT2D eigenvalue weighted by Crippen LogP contribution is -2.34. The highest BCUT2D eigenvalue weighted by atomic mass is 16.5. The summed E-state index contributed by atoms with van der Waals surface area (Å²) in [6.45, 7) is 0. The minimum Gasteiger partial charge on any atom is -0.480 e. The summed E-state index contributed by atoms with van der Waals surface area (Å²) in [6, 6.07) is -1.15. The van der Waals surface area contributed by atoms with Gasteiger partial charge in [0.15, 0.2) is 0 Å². The van der Waals surface area contributed by atoms with E-state index < -0.39 is 24.1 Å². The highest BCUT2D eigenvalue weighted by Gasteiger charge is 2.19. The summed E-state index contributed by atoms with van der Waals surface area (Å²) in [5.41, 5.74) is 5.12. The number of aliphatic hydroxyl groups is 1. The van der Waals surface area contributed by atoms with Gasteiger partial charge in [0.2, 0.25) is 0 Å². The van der Waals surface area contributed by atoms with Crippen LogP contribution in [0, 0.1) is 0 Å². The van der Waals surface area contributed by atoms with E-state index in [1.165, 1.54) is 7.11 Å². The molecule has 0 aliphatic carbocycles. The third kappa shape index (κ3) is 5.15. The van der Waals surface area contributed by atoms with Gasteiger partial charge in [-0.15, -0.1) is 0 Å². The molecular formula is C7H13NO5. The molecule has 0 unspecified atom stereocenters. The molecule has 0 aromatic rings. The molecule has 0 saturated heterocycles. The van der Waals surface area contributed by atoms with Crippen LogP contribution in [0.2, 0.25) is 0 Å². The summed E-state index contributed by atoms with van der Waals surface area (Å²) < 4.78 is 4.28. The predicted molar refractivity (Wildman–Crippen MR) is 42.9 cm³/mol. The number of aliphatic hydroxyl groups excluding tert-OH is 1. The van der Waals surface area contributed by atoms with Crippen molar-refractivity contribution in [2.45, 2.75) is 25.0 Å². The number of aliphatic carboxylic acids is 1. The maximum Gasteiger partial charge on any atom is 0.320 e. The first-order valence-electron chi connectivity index (χ1n) is 3.70. The molecule has 0 aromatic heterocycles. The minimum atomic E-state index is -1.20. The van der Waals surface area contributed by atoms with Gasteiger partial charge in [0.25, 0.3) is 0 Å². The molecule has 0 heterocycles. The first-order chi connectivity index (χ1) is 5.97. The molecule has 0 saturated carbocycles. The number of methoxy groups -OCH3 is 1. The van der Waals surface area contributed by atoms with Crippen LogP contribution in [0.3, 0.4) is 0 Å². The maximum atomic E-state index is 10.6. The Labute approximate surface area is 75.3 Å². The summed E-state index contributed by atoms with van der Waals surface area (Å²) >= 11 is 0. The summed E-state index contributed by atoms with van der Waals surface area (Å²) in [4.78, 5) is 20.8. The third-order valence-corrected chi connectivity index (χ3v) is 1.47. The fourth-order valence-corrected chi connectivity index (χ4v) is 0.753. The molecule has 6 heteroatoms.